The number of allylic oxidation sites excluding steroid dienone is 1. The van der Waals surface area contributed by atoms with Crippen LogP contribution in [0.4, 0.5) is 0 Å². The number of ether oxygens (including phenoxy) is 2. The van der Waals surface area contributed by atoms with E-state index in [0.717, 1.165) is 17.3 Å². The maximum absolute atomic E-state index is 12.5. The number of carbonyl (C=O) groups excluding carboxylic acids is 2. The number of hydrogen-bond donors (Lipinski definition) is 2. The Balaban J connectivity index is 1.67. The number of nitrogens with zero attached hydrogens (tertiary/aromatic N) is 2. The van der Waals surface area contributed by atoms with Gasteiger partial charge in [0, 0.05) is 12.0 Å². The smallest absolute Gasteiger partial charge is 0.243 e. The SMILES string of the molecule is C[C@H](SC1=C(C#N)C(C)(C)[C@H](C#N)C(=O)N1)C(=O)NCc1ccc2c(c1)OCO2. The summed E-state index contributed by atoms with van der Waals surface area (Å²) in [5.74, 6) is -0.357. The molecule has 29 heavy (non-hydrogen) atoms. The zero-order valence-electron chi connectivity index (χ0n) is 16.2. The standard InChI is InChI=1S/C20H20N4O4S/c1-11(17(25)23-9-12-4-5-15-16(6-12)28-10-27-15)29-19-14(8-22)20(2,3)13(7-21)18(26)24-19/h4-6,11,13H,9-10H2,1-3H3,(H,23,25)(H,24,26)/t11-,13+/m0/s1. The topological polar surface area (TPSA) is 124 Å². The summed E-state index contributed by atoms with van der Waals surface area (Å²) in [5, 5.41) is 24.1. The molecule has 0 radical (unpaired) electrons. The summed E-state index contributed by atoms with van der Waals surface area (Å²) in [4.78, 5) is 24.8. The van der Waals surface area contributed by atoms with Crippen molar-refractivity contribution in [1.82, 2.24) is 10.6 Å². The highest BCUT2D eigenvalue weighted by molar-refractivity contribution is 8.04. The Labute approximate surface area is 172 Å². The third-order valence-electron chi connectivity index (χ3n) is 4.90. The summed E-state index contributed by atoms with van der Waals surface area (Å²) in [6.07, 6.45) is 0. The summed E-state index contributed by atoms with van der Waals surface area (Å²) in [5.41, 5.74) is 0.224. The average molecular weight is 412 g/mol. The van der Waals surface area contributed by atoms with Crippen LogP contribution in [0.3, 0.4) is 0 Å². The van der Waals surface area contributed by atoms with Crippen LogP contribution in [-0.4, -0.2) is 23.9 Å². The maximum atomic E-state index is 12.5. The minimum atomic E-state index is -0.961. The lowest BCUT2D eigenvalue weighted by atomic mass is 9.72. The molecule has 0 unspecified atom stereocenters. The molecule has 150 valence electrons. The molecule has 0 fully saturated rings. The van der Waals surface area contributed by atoms with E-state index >= 15 is 0 Å². The lowest BCUT2D eigenvalue weighted by Crippen LogP contribution is -2.45. The molecular formula is C20H20N4O4S. The van der Waals surface area contributed by atoms with Gasteiger partial charge in [-0.3, -0.25) is 9.59 Å². The Morgan fingerprint density at radius 2 is 2.10 bits per heavy atom. The summed E-state index contributed by atoms with van der Waals surface area (Å²) < 4.78 is 10.6. The lowest BCUT2D eigenvalue weighted by Gasteiger charge is -2.35. The summed E-state index contributed by atoms with van der Waals surface area (Å²) in [6.45, 7) is 5.55. The van der Waals surface area contributed by atoms with Crippen LogP contribution < -0.4 is 20.1 Å². The van der Waals surface area contributed by atoms with Crippen LogP contribution in [0.15, 0.2) is 28.8 Å². The Bertz CT molecular complexity index is 974. The van der Waals surface area contributed by atoms with E-state index in [1.807, 2.05) is 18.2 Å². The molecule has 0 saturated carbocycles. The predicted molar refractivity (Wildman–Crippen MR) is 105 cm³/mol. The summed E-state index contributed by atoms with van der Waals surface area (Å²) in [7, 11) is 0. The van der Waals surface area contributed by atoms with Crippen molar-refractivity contribution in [3.05, 3.63) is 34.4 Å². The molecule has 2 aliphatic heterocycles. The van der Waals surface area contributed by atoms with E-state index in [1.165, 1.54) is 0 Å². The summed E-state index contributed by atoms with van der Waals surface area (Å²) in [6, 6.07) is 9.48. The second-order valence-corrected chi connectivity index (χ2v) is 8.61. The number of nitrogens with one attached hydrogen (secondary N) is 2. The molecule has 1 aromatic carbocycles. The number of amides is 2. The van der Waals surface area contributed by atoms with Gasteiger partial charge in [-0.1, -0.05) is 31.7 Å². The van der Waals surface area contributed by atoms with Crippen LogP contribution in [-0.2, 0) is 16.1 Å². The quantitative estimate of drug-likeness (QED) is 0.759. The van der Waals surface area contributed by atoms with Gasteiger partial charge in [-0.2, -0.15) is 10.5 Å². The fourth-order valence-corrected chi connectivity index (χ4v) is 4.26. The first-order valence-electron chi connectivity index (χ1n) is 8.96. The molecule has 0 aromatic heterocycles. The van der Waals surface area contributed by atoms with Crippen LogP contribution in [0.1, 0.15) is 26.3 Å². The fourth-order valence-electron chi connectivity index (χ4n) is 3.13. The van der Waals surface area contributed by atoms with Crippen molar-refractivity contribution >= 4 is 23.6 Å². The van der Waals surface area contributed by atoms with Crippen LogP contribution in [0.2, 0.25) is 0 Å². The molecule has 0 saturated heterocycles. The first kappa shape index (κ1) is 20.6. The van der Waals surface area contributed by atoms with Crippen LogP contribution in [0.5, 0.6) is 11.5 Å². The molecular weight excluding hydrogens is 392 g/mol. The van der Waals surface area contributed by atoms with Crippen molar-refractivity contribution in [2.45, 2.75) is 32.6 Å². The first-order chi connectivity index (χ1) is 13.8. The van der Waals surface area contributed by atoms with Gasteiger partial charge in [0.2, 0.25) is 18.6 Å². The van der Waals surface area contributed by atoms with E-state index < -0.39 is 22.5 Å². The number of thioether (sulfide) groups is 1. The molecule has 0 spiro atoms. The number of hydrogen-bond acceptors (Lipinski definition) is 7. The molecule has 0 aliphatic carbocycles. The third-order valence-corrected chi connectivity index (χ3v) is 6.01. The van der Waals surface area contributed by atoms with Crippen molar-refractivity contribution in [2.24, 2.45) is 11.3 Å². The van der Waals surface area contributed by atoms with Crippen LogP contribution in [0.25, 0.3) is 0 Å². The predicted octanol–water partition coefficient (Wildman–Crippen LogP) is 2.18. The van der Waals surface area contributed by atoms with Crippen molar-refractivity contribution < 1.29 is 19.1 Å². The minimum Gasteiger partial charge on any atom is -0.454 e. The number of fused-ring (bicyclic) bond motifs is 1. The molecule has 1 aromatic rings. The maximum Gasteiger partial charge on any atom is 0.243 e. The molecule has 2 atom stereocenters. The average Bonchev–Trinajstić information content (AvgIpc) is 3.13. The van der Waals surface area contributed by atoms with E-state index in [0.29, 0.717) is 28.6 Å². The second kappa shape index (κ2) is 8.06. The largest absolute Gasteiger partial charge is 0.454 e. The molecule has 2 heterocycles. The normalized spacial score (nSPS) is 20.3. The molecule has 0 bridgehead atoms. The van der Waals surface area contributed by atoms with Gasteiger partial charge in [-0.25, -0.2) is 0 Å². The molecule has 9 heteroatoms. The molecule has 8 nitrogen and oxygen atoms in total. The monoisotopic (exact) mass is 412 g/mol. The van der Waals surface area contributed by atoms with Gasteiger partial charge in [-0.05, 0) is 24.6 Å². The van der Waals surface area contributed by atoms with Gasteiger partial charge < -0.3 is 20.1 Å². The van der Waals surface area contributed by atoms with Gasteiger partial charge in [0.15, 0.2) is 11.5 Å². The number of carbonyl (C=O) groups is 2. The molecule has 2 N–H and O–H groups in total. The second-order valence-electron chi connectivity index (χ2n) is 7.25. The Morgan fingerprint density at radius 1 is 1.38 bits per heavy atom. The zero-order chi connectivity index (χ0) is 21.2. The first-order valence-corrected chi connectivity index (χ1v) is 9.84. The van der Waals surface area contributed by atoms with Crippen LogP contribution >= 0.6 is 11.8 Å². The van der Waals surface area contributed by atoms with E-state index in [4.69, 9.17) is 9.47 Å². The molecule has 3 rings (SSSR count). The van der Waals surface area contributed by atoms with Gasteiger partial charge in [0.05, 0.1) is 28.0 Å². The number of nitriles is 2. The van der Waals surface area contributed by atoms with Crippen molar-refractivity contribution in [3.63, 3.8) is 0 Å². The van der Waals surface area contributed by atoms with Gasteiger partial charge in [0.1, 0.15) is 5.92 Å². The van der Waals surface area contributed by atoms with Gasteiger partial charge >= 0.3 is 0 Å². The highest BCUT2D eigenvalue weighted by atomic mass is 32.2. The Morgan fingerprint density at radius 3 is 2.79 bits per heavy atom. The number of rotatable bonds is 5. The zero-order valence-corrected chi connectivity index (χ0v) is 17.1. The Hall–Kier alpha value is -3.17. The van der Waals surface area contributed by atoms with Crippen molar-refractivity contribution in [1.29, 1.82) is 10.5 Å². The van der Waals surface area contributed by atoms with Crippen molar-refractivity contribution in [2.75, 3.05) is 6.79 Å². The van der Waals surface area contributed by atoms with E-state index in [1.54, 1.807) is 26.8 Å². The minimum absolute atomic E-state index is 0.184. The van der Waals surface area contributed by atoms with E-state index in [9.17, 15) is 20.1 Å². The highest BCUT2D eigenvalue weighted by Crippen LogP contribution is 2.42. The van der Waals surface area contributed by atoms with Crippen molar-refractivity contribution in [3.8, 4) is 23.6 Å². The van der Waals surface area contributed by atoms with Crippen LogP contribution in [0, 0.1) is 34.0 Å². The van der Waals surface area contributed by atoms with Gasteiger partial charge in [-0.15, -0.1) is 0 Å². The van der Waals surface area contributed by atoms with E-state index in [2.05, 4.69) is 16.7 Å². The number of benzene rings is 1. The third kappa shape index (κ3) is 4.01. The summed E-state index contributed by atoms with van der Waals surface area (Å²) >= 11 is 1.09. The fraction of sp³-hybridized carbons (Fsp3) is 0.400. The van der Waals surface area contributed by atoms with E-state index in [-0.39, 0.29) is 12.7 Å². The highest BCUT2D eigenvalue weighted by Gasteiger charge is 2.45. The lowest BCUT2D eigenvalue weighted by molar-refractivity contribution is -0.125. The van der Waals surface area contributed by atoms with Gasteiger partial charge in [0.25, 0.3) is 0 Å². The molecule has 2 amide bonds. The molecule has 2 aliphatic rings. The Kier molecular flexibility index (Phi) is 5.71.